The predicted molar refractivity (Wildman–Crippen MR) is 70.6 cm³/mol. The monoisotopic (exact) mass is 249 g/mol. The van der Waals surface area contributed by atoms with Gasteiger partial charge in [-0.25, -0.2) is 9.78 Å². The molecule has 1 aliphatic carbocycles. The lowest BCUT2D eigenvalue weighted by Crippen LogP contribution is -2.25. The number of hydrogen-bond donors (Lipinski definition) is 3. The fraction of sp³-hybridized carbons (Fsp3) is 0.538. The zero-order valence-electron chi connectivity index (χ0n) is 10.7. The molecule has 1 aromatic heterocycles. The summed E-state index contributed by atoms with van der Waals surface area (Å²) in [6.07, 6.45) is 3.70. The van der Waals surface area contributed by atoms with Crippen molar-refractivity contribution in [3.8, 4) is 0 Å². The molecule has 3 atom stereocenters. The molecule has 1 aliphatic rings. The molecule has 0 aliphatic heterocycles. The topological polar surface area (TPSA) is 88.2 Å². The highest BCUT2D eigenvalue weighted by atomic mass is 16.4. The molecular formula is C13H19N3O2. The van der Waals surface area contributed by atoms with Crippen molar-refractivity contribution >= 4 is 17.5 Å². The van der Waals surface area contributed by atoms with Crippen LogP contribution in [-0.2, 0) is 0 Å². The van der Waals surface area contributed by atoms with E-state index in [1.165, 1.54) is 12.3 Å². The second kappa shape index (κ2) is 4.84. The van der Waals surface area contributed by atoms with Gasteiger partial charge >= 0.3 is 5.97 Å². The Bertz CT molecular complexity index is 462. The number of nitrogens with two attached hydrogens (primary N) is 1. The van der Waals surface area contributed by atoms with Crippen molar-refractivity contribution in [2.45, 2.75) is 32.7 Å². The van der Waals surface area contributed by atoms with Gasteiger partial charge in [-0.1, -0.05) is 13.8 Å². The Kier molecular flexibility index (Phi) is 3.41. The predicted octanol–water partition coefficient (Wildman–Crippen LogP) is 2.21. The standard InChI is InChI=1S/C13H19N3O2/c1-7-3-4-11(8(7)2)16-12-10(13(17)18)5-9(14)6-15-12/h5-8,11H,3-4,14H2,1-2H3,(H,15,16)(H,17,18). The molecule has 0 saturated heterocycles. The van der Waals surface area contributed by atoms with Gasteiger partial charge in [-0.05, 0) is 30.7 Å². The van der Waals surface area contributed by atoms with Crippen LogP contribution in [0, 0.1) is 11.8 Å². The molecule has 0 aromatic carbocycles. The fourth-order valence-electron chi connectivity index (χ4n) is 2.50. The van der Waals surface area contributed by atoms with Crippen molar-refractivity contribution in [2.24, 2.45) is 11.8 Å². The van der Waals surface area contributed by atoms with Gasteiger partial charge in [0.25, 0.3) is 0 Å². The van der Waals surface area contributed by atoms with Crippen LogP contribution in [0.1, 0.15) is 37.0 Å². The quantitative estimate of drug-likeness (QED) is 0.764. The summed E-state index contributed by atoms with van der Waals surface area (Å²) in [6.45, 7) is 4.41. The van der Waals surface area contributed by atoms with E-state index in [4.69, 9.17) is 10.8 Å². The lowest BCUT2D eigenvalue weighted by Gasteiger charge is -2.21. The number of pyridine rings is 1. The second-order valence-electron chi connectivity index (χ2n) is 5.13. The first-order valence-electron chi connectivity index (χ1n) is 6.24. The molecule has 5 nitrogen and oxygen atoms in total. The van der Waals surface area contributed by atoms with E-state index in [1.807, 2.05) is 0 Å². The number of aromatic nitrogens is 1. The van der Waals surface area contributed by atoms with Gasteiger partial charge in [0, 0.05) is 6.04 Å². The van der Waals surface area contributed by atoms with E-state index in [0.29, 0.717) is 23.3 Å². The van der Waals surface area contributed by atoms with E-state index in [0.717, 1.165) is 12.8 Å². The van der Waals surface area contributed by atoms with Gasteiger partial charge in [-0.2, -0.15) is 0 Å². The second-order valence-corrected chi connectivity index (χ2v) is 5.13. The number of nitrogen functional groups attached to an aromatic ring is 1. The number of aromatic carboxylic acids is 1. The molecule has 1 fully saturated rings. The SMILES string of the molecule is CC1CCC(Nc2ncc(N)cc2C(=O)O)C1C. The molecule has 1 heterocycles. The summed E-state index contributed by atoms with van der Waals surface area (Å²) in [5.41, 5.74) is 6.08. The van der Waals surface area contributed by atoms with E-state index in [2.05, 4.69) is 24.1 Å². The van der Waals surface area contributed by atoms with E-state index in [-0.39, 0.29) is 11.6 Å². The minimum atomic E-state index is -1.00. The molecule has 1 saturated carbocycles. The lowest BCUT2D eigenvalue weighted by molar-refractivity contribution is 0.0697. The largest absolute Gasteiger partial charge is 0.478 e. The normalized spacial score (nSPS) is 27.1. The van der Waals surface area contributed by atoms with Crippen molar-refractivity contribution in [1.82, 2.24) is 4.98 Å². The average Bonchev–Trinajstić information content (AvgIpc) is 2.63. The highest BCUT2D eigenvalue weighted by Gasteiger charge is 2.30. The van der Waals surface area contributed by atoms with Crippen molar-refractivity contribution in [3.05, 3.63) is 17.8 Å². The van der Waals surface area contributed by atoms with E-state index < -0.39 is 5.97 Å². The summed E-state index contributed by atoms with van der Waals surface area (Å²) in [6, 6.07) is 1.73. The van der Waals surface area contributed by atoms with Crippen molar-refractivity contribution in [2.75, 3.05) is 11.1 Å². The lowest BCUT2D eigenvalue weighted by atomic mass is 9.98. The maximum atomic E-state index is 11.2. The van der Waals surface area contributed by atoms with Crippen molar-refractivity contribution in [3.63, 3.8) is 0 Å². The number of anilines is 2. The van der Waals surface area contributed by atoms with Gasteiger partial charge in [0.15, 0.2) is 0 Å². The maximum Gasteiger partial charge on any atom is 0.339 e. The van der Waals surface area contributed by atoms with Crippen LogP contribution in [0.2, 0.25) is 0 Å². The van der Waals surface area contributed by atoms with Crippen LogP contribution in [0.4, 0.5) is 11.5 Å². The molecule has 18 heavy (non-hydrogen) atoms. The Morgan fingerprint density at radius 2 is 2.22 bits per heavy atom. The first-order valence-corrected chi connectivity index (χ1v) is 6.24. The number of rotatable bonds is 3. The zero-order valence-corrected chi connectivity index (χ0v) is 10.7. The number of carbonyl (C=O) groups is 1. The summed E-state index contributed by atoms with van der Waals surface area (Å²) in [5.74, 6) is 0.592. The van der Waals surface area contributed by atoms with Crippen LogP contribution < -0.4 is 11.1 Å². The number of nitrogens with zero attached hydrogens (tertiary/aromatic N) is 1. The minimum absolute atomic E-state index is 0.141. The fourth-order valence-corrected chi connectivity index (χ4v) is 2.50. The Morgan fingerprint density at radius 1 is 1.50 bits per heavy atom. The van der Waals surface area contributed by atoms with Crippen LogP contribution in [0.5, 0.6) is 0 Å². The first-order chi connectivity index (χ1) is 8.49. The van der Waals surface area contributed by atoms with Gasteiger partial charge < -0.3 is 16.2 Å². The molecule has 98 valence electrons. The third-order valence-electron chi connectivity index (χ3n) is 3.93. The first kappa shape index (κ1) is 12.7. The Hall–Kier alpha value is -1.78. The van der Waals surface area contributed by atoms with Crippen LogP contribution in [-0.4, -0.2) is 22.1 Å². The minimum Gasteiger partial charge on any atom is -0.478 e. The summed E-state index contributed by atoms with van der Waals surface area (Å²) in [7, 11) is 0. The van der Waals surface area contributed by atoms with Gasteiger partial charge in [0.1, 0.15) is 11.4 Å². The molecular weight excluding hydrogens is 230 g/mol. The summed E-state index contributed by atoms with van der Waals surface area (Å²) in [5, 5.41) is 12.4. The molecule has 1 aromatic rings. The molecule has 0 amide bonds. The van der Waals surface area contributed by atoms with Crippen LogP contribution in [0.15, 0.2) is 12.3 Å². The molecule has 2 rings (SSSR count). The highest BCUT2D eigenvalue weighted by Crippen LogP contribution is 2.33. The number of carboxylic acids is 1. The third kappa shape index (κ3) is 2.39. The molecule has 0 spiro atoms. The Labute approximate surface area is 106 Å². The molecule has 3 unspecified atom stereocenters. The molecule has 5 heteroatoms. The van der Waals surface area contributed by atoms with Crippen molar-refractivity contribution < 1.29 is 9.90 Å². The number of hydrogen-bond acceptors (Lipinski definition) is 4. The van der Waals surface area contributed by atoms with Crippen LogP contribution >= 0.6 is 0 Å². The van der Waals surface area contributed by atoms with Gasteiger partial charge in [0.05, 0.1) is 11.9 Å². The van der Waals surface area contributed by atoms with Crippen molar-refractivity contribution in [1.29, 1.82) is 0 Å². The summed E-state index contributed by atoms with van der Waals surface area (Å²) >= 11 is 0. The Morgan fingerprint density at radius 3 is 2.78 bits per heavy atom. The van der Waals surface area contributed by atoms with Crippen LogP contribution in [0.3, 0.4) is 0 Å². The average molecular weight is 249 g/mol. The summed E-state index contributed by atoms with van der Waals surface area (Å²) < 4.78 is 0. The highest BCUT2D eigenvalue weighted by molar-refractivity contribution is 5.94. The van der Waals surface area contributed by atoms with Crippen LogP contribution in [0.25, 0.3) is 0 Å². The number of nitrogens with one attached hydrogen (secondary N) is 1. The molecule has 4 N–H and O–H groups in total. The summed E-state index contributed by atoms with van der Waals surface area (Å²) in [4.78, 5) is 15.3. The van der Waals surface area contributed by atoms with E-state index in [9.17, 15) is 4.79 Å². The Balaban J connectivity index is 2.21. The number of carboxylic acid groups (broad SMARTS) is 1. The zero-order chi connectivity index (χ0) is 13.3. The van der Waals surface area contributed by atoms with E-state index >= 15 is 0 Å². The maximum absolute atomic E-state index is 11.2. The molecule has 0 radical (unpaired) electrons. The smallest absolute Gasteiger partial charge is 0.339 e. The van der Waals surface area contributed by atoms with Gasteiger partial charge in [0.2, 0.25) is 0 Å². The van der Waals surface area contributed by atoms with E-state index in [1.54, 1.807) is 0 Å². The van der Waals surface area contributed by atoms with Gasteiger partial charge in [-0.15, -0.1) is 0 Å². The third-order valence-corrected chi connectivity index (χ3v) is 3.93. The van der Waals surface area contributed by atoms with Gasteiger partial charge in [-0.3, -0.25) is 0 Å². The molecule has 0 bridgehead atoms.